The largest absolute Gasteiger partial charge is 0.493 e. The summed E-state index contributed by atoms with van der Waals surface area (Å²) in [5, 5.41) is 6.31. The monoisotopic (exact) mass is 320 g/mol. The summed E-state index contributed by atoms with van der Waals surface area (Å²) < 4.78 is 11.1. The van der Waals surface area contributed by atoms with E-state index in [0.29, 0.717) is 30.4 Å². The molecule has 5 nitrogen and oxygen atoms in total. The van der Waals surface area contributed by atoms with Gasteiger partial charge >= 0.3 is 0 Å². The van der Waals surface area contributed by atoms with Crippen LogP contribution in [0.4, 0.5) is 0 Å². The number of nitrogens with one attached hydrogen (secondary N) is 2. The predicted molar refractivity (Wildman–Crippen MR) is 90.9 cm³/mol. The molecule has 2 rings (SSSR count). The van der Waals surface area contributed by atoms with Crippen molar-refractivity contribution in [2.24, 2.45) is 5.92 Å². The summed E-state index contributed by atoms with van der Waals surface area (Å²) in [6.45, 7) is 4.61. The van der Waals surface area contributed by atoms with Crippen LogP contribution in [0, 0.1) is 5.92 Å². The minimum atomic E-state index is -0.103. The topological polar surface area (TPSA) is 59.6 Å². The molecule has 2 N–H and O–H groups in total. The molecule has 1 heterocycles. The van der Waals surface area contributed by atoms with Gasteiger partial charge in [-0.3, -0.25) is 4.79 Å². The first kappa shape index (κ1) is 17.6. The fourth-order valence-electron chi connectivity index (χ4n) is 2.83. The highest BCUT2D eigenvalue weighted by Gasteiger charge is 2.15. The molecule has 1 aliphatic heterocycles. The first-order valence-electron chi connectivity index (χ1n) is 8.46. The first-order chi connectivity index (χ1) is 11.2. The maximum Gasteiger partial charge on any atom is 0.220 e. The molecule has 23 heavy (non-hydrogen) atoms. The Morgan fingerprint density at radius 3 is 2.70 bits per heavy atom. The average Bonchev–Trinajstić information content (AvgIpc) is 2.59. The summed E-state index contributed by atoms with van der Waals surface area (Å²) in [4.78, 5) is 12.0. The number of para-hydroxylation sites is 2. The van der Waals surface area contributed by atoms with Gasteiger partial charge in [0.25, 0.3) is 0 Å². The van der Waals surface area contributed by atoms with E-state index >= 15 is 0 Å². The van der Waals surface area contributed by atoms with Crippen molar-refractivity contribution >= 4 is 5.91 Å². The summed E-state index contributed by atoms with van der Waals surface area (Å²) in [5.74, 6) is 2.20. The molecule has 1 atom stereocenters. The van der Waals surface area contributed by atoms with Crippen molar-refractivity contribution in [3.05, 3.63) is 24.3 Å². The summed E-state index contributed by atoms with van der Waals surface area (Å²) in [7, 11) is 1.62. The summed E-state index contributed by atoms with van der Waals surface area (Å²) in [6, 6.07) is 7.54. The summed E-state index contributed by atoms with van der Waals surface area (Å²) in [6.07, 6.45) is 3.84. The summed E-state index contributed by atoms with van der Waals surface area (Å²) >= 11 is 0. The Bertz CT molecular complexity index is 487. The van der Waals surface area contributed by atoms with Crippen LogP contribution in [-0.2, 0) is 4.79 Å². The van der Waals surface area contributed by atoms with E-state index in [4.69, 9.17) is 9.47 Å². The van der Waals surface area contributed by atoms with Gasteiger partial charge < -0.3 is 20.1 Å². The standard InChI is InChI=1S/C18H28N2O3/c1-14(23-17-6-4-3-5-16(17)22-2)13-20-18(21)8-7-15-9-11-19-12-10-15/h3-6,14-15,19H,7-13H2,1-2H3,(H,20,21). The van der Waals surface area contributed by atoms with E-state index in [1.165, 1.54) is 12.8 Å². The molecule has 1 aromatic rings. The van der Waals surface area contributed by atoms with Gasteiger partial charge in [0.05, 0.1) is 13.7 Å². The van der Waals surface area contributed by atoms with Crippen LogP contribution in [0.25, 0.3) is 0 Å². The number of rotatable bonds is 8. The van der Waals surface area contributed by atoms with E-state index in [1.54, 1.807) is 7.11 Å². The van der Waals surface area contributed by atoms with Crippen molar-refractivity contribution < 1.29 is 14.3 Å². The van der Waals surface area contributed by atoms with Crippen LogP contribution in [0.2, 0.25) is 0 Å². The van der Waals surface area contributed by atoms with Gasteiger partial charge in [-0.15, -0.1) is 0 Å². The lowest BCUT2D eigenvalue weighted by atomic mass is 9.93. The molecule has 5 heteroatoms. The van der Waals surface area contributed by atoms with Gasteiger partial charge in [-0.25, -0.2) is 0 Å². The number of amides is 1. The Labute approximate surface area is 138 Å². The molecular weight excluding hydrogens is 292 g/mol. The highest BCUT2D eigenvalue weighted by Crippen LogP contribution is 2.26. The number of benzene rings is 1. The third-order valence-electron chi connectivity index (χ3n) is 4.22. The molecule has 0 aliphatic carbocycles. The van der Waals surface area contributed by atoms with Gasteiger partial charge in [0, 0.05) is 6.42 Å². The summed E-state index contributed by atoms with van der Waals surface area (Å²) in [5.41, 5.74) is 0. The second-order valence-electron chi connectivity index (χ2n) is 6.12. The lowest BCUT2D eigenvalue weighted by Gasteiger charge is -2.22. The maximum atomic E-state index is 12.0. The molecule has 1 saturated heterocycles. The minimum absolute atomic E-state index is 0.103. The van der Waals surface area contributed by atoms with Gasteiger partial charge in [0.1, 0.15) is 6.10 Å². The number of hydrogen-bond donors (Lipinski definition) is 2. The third kappa shape index (κ3) is 6.10. The molecule has 0 bridgehead atoms. The highest BCUT2D eigenvalue weighted by molar-refractivity contribution is 5.75. The molecule has 0 aromatic heterocycles. The zero-order valence-corrected chi connectivity index (χ0v) is 14.1. The second-order valence-corrected chi connectivity index (χ2v) is 6.12. The SMILES string of the molecule is COc1ccccc1OC(C)CNC(=O)CCC1CCNCC1. The minimum Gasteiger partial charge on any atom is -0.493 e. The predicted octanol–water partition coefficient (Wildman–Crippen LogP) is 2.36. The number of carbonyl (C=O) groups is 1. The van der Waals surface area contributed by atoms with E-state index in [-0.39, 0.29) is 12.0 Å². The molecule has 1 aromatic carbocycles. The fraction of sp³-hybridized carbons (Fsp3) is 0.611. The maximum absolute atomic E-state index is 12.0. The number of methoxy groups -OCH3 is 1. The smallest absolute Gasteiger partial charge is 0.220 e. The first-order valence-corrected chi connectivity index (χ1v) is 8.46. The van der Waals surface area contributed by atoms with Gasteiger partial charge in [0.2, 0.25) is 5.91 Å². The lowest BCUT2D eigenvalue weighted by molar-refractivity contribution is -0.121. The van der Waals surface area contributed by atoms with Crippen LogP contribution in [0.15, 0.2) is 24.3 Å². The normalized spacial score (nSPS) is 16.6. The van der Waals surface area contributed by atoms with E-state index in [2.05, 4.69) is 10.6 Å². The number of piperidine rings is 1. The zero-order valence-electron chi connectivity index (χ0n) is 14.1. The van der Waals surface area contributed by atoms with Crippen LogP contribution in [0.5, 0.6) is 11.5 Å². The average molecular weight is 320 g/mol. The molecule has 1 amide bonds. The van der Waals surface area contributed by atoms with Crippen molar-refractivity contribution in [3.8, 4) is 11.5 Å². The Hall–Kier alpha value is -1.75. The van der Waals surface area contributed by atoms with E-state index in [0.717, 1.165) is 19.5 Å². The van der Waals surface area contributed by atoms with Crippen molar-refractivity contribution in [1.82, 2.24) is 10.6 Å². The third-order valence-corrected chi connectivity index (χ3v) is 4.22. The highest BCUT2D eigenvalue weighted by atomic mass is 16.5. The van der Waals surface area contributed by atoms with Gasteiger partial charge in [-0.1, -0.05) is 12.1 Å². The molecule has 0 radical (unpaired) electrons. The molecule has 1 aliphatic rings. The van der Waals surface area contributed by atoms with Crippen LogP contribution in [0.3, 0.4) is 0 Å². The van der Waals surface area contributed by atoms with E-state index in [9.17, 15) is 4.79 Å². The Balaban J connectivity index is 1.67. The zero-order chi connectivity index (χ0) is 16.5. The number of carbonyl (C=O) groups excluding carboxylic acids is 1. The van der Waals surface area contributed by atoms with Crippen molar-refractivity contribution in [2.45, 2.75) is 38.7 Å². The fourth-order valence-corrected chi connectivity index (χ4v) is 2.83. The van der Waals surface area contributed by atoms with Crippen LogP contribution >= 0.6 is 0 Å². The molecule has 128 valence electrons. The van der Waals surface area contributed by atoms with Gasteiger partial charge in [-0.2, -0.15) is 0 Å². The molecule has 1 fully saturated rings. The van der Waals surface area contributed by atoms with Gasteiger partial charge in [0.15, 0.2) is 11.5 Å². The van der Waals surface area contributed by atoms with Crippen LogP contribution in [0.1, 0.15) is 32.6 Å². The Morgan fingerprint density at radius 2 is 2.00 bits per heavy atom. The van der Waals surface area contributed by atoms with E-state index in [1.807, 2.05) is 31.2 Å². The molecule has 1 unspecified atom stereocenters. The number of hydrogen-bond acceptors (Lipinski definition) is 4. The quantitative estimate of drug-likeness (QED) is 0.772. The Kier molecular flexibility index (Phi) is 7.20. The van der Waals surface area contributed by atoms with Crippen molar-refractivity contribution in [3.63, 3.8) is 0 Å². The van der Waals surface area contributed by atoms with Crippen LogP contribution in [-0.4, -0.2) is 38.8 Å². The van der Waals surface area contributed by atoms with E-state index < -0.39 is 0 Å². The molecular formula is C18H28N2O3. The Morgan fingerprint density at radius 1 is 1.30 bits per heavy atom. The van der Waals surface area contributed by atoms with Gasteiger partial charge in [-0.05, 0) is 57.3 Å². The van der Waals surface area contributed by atoms with Crippen LogP contribution < -0.4 is 20.1 Å². The molecule has 0 saturated carbocycles. The van der Waals surface area contributed by atoms with Crippen molar-refractivity contribution in [2.75, 3.05) is 26.7 Å². The number of ether oxygens (including phenoxy) is 2. The lowest BCUT2D eigenvalue weighted by Crippen LogP contribution is -2.34. The second kappa shape index (κ2) is 9.40. The van der Waals surface area contributed by atoms with Crippen molar-refractivity contribution in [1.29, 1.82) is 0 Å². The molecule has 0 spiro atoms.